The SMILES string of the molecule is COc1nc(NCCCN2CCNCC2)nc(OC)n1. The Morgan fingerprint density at radius 2 is 1.75 bits per heavy atom. The number of hydrogen-bond donors (Lipinski definition) is 2. The van der Waals surface area contributed by atoms with Gasteiger partial charge in [0.25, 0.3) is 0 Å². The third-order valence-corrected chi connectivity index (χ3v) is 3.10. The van der Waals surface area contributed by atoms with Crippen LogP contribution < -0.4 is 20.1 Å². The minimum Gasteiger partial charge on any atom is -0.467 e. The molecule has 0 amide bonds. The molecule has 0 saturated carbocycles. The lowest BCUT2D eigenvalue weighted by molar-refractivity contribution is 0.240. The number of nitrogens with zero attached hydrogens (tertiary/aromatic N) is 4. The minimum absolute atomic E-state index is 0.251. The Bertz CT molecular complexity index is 389. The number of rotatable bonds is 7. The summed E-state index contributed by atoms with van der Waals surface area (Å²) in [6.45, 7) is 6.28. The van der Waals surface area contributed by atoms with Gasteiger partial charge in [0.15, 0.2) is 0 Å². The van der Waals surface area contributed by atoms with E-state index < -0.39 is 0 Å². The zero-order chi connectivity index (χ0) is 14.2. The first kappa shape index (κ1) is 14.7. The molecule has 1 fully saturated rings. The van der Waals surface area contributed by atoms with E-state index in [1.165, 1.54) is 14.2 Å². The number of aromatic nitrogens is 3. The van der Waals surface area contributed by atoms with Gasteiger partial charge < -0.3 is 25.0 Å². The van der Waals surface area contributed by atoms with Crippen molar-refractivity contribution < 1.29 is 9.47 Å². The maximum atomic E-state index is 5.00. The maximum Gasteiger partial charge on any atom is 0.324 e. The molecule has 0 unspecified atom stereocenters. The van der Waals surface area contributed by atoms with Gasteiger partial charge in [-0.25, -0.2) is 0 Å². The molecule has 2 rings (SSSR count). The normalized spacial score (nSPS) is 15.9. The first-order chi connectivity index (χ1) is 9.81. The quantitative estimate of drug-likeness (QED) is 0.653. The lowest BCUT2D eigenvalue weighted by Crippen LogP contribution is -2.44. The van der Waals surface area contributed by atoms with Crippen LogP contribution in [0.2, 0.25) is 0 Å². The summed E-state index contributed by atoms with van der Waals surface area (Å²) in [6.07, 6.45) is 1.04. The van der Waals surface area contributed by atoms with Crippen LogP contribution in [0.1, 0.15) is 6.42 Å². The molecular weight excluding hydrogens is 260 g/mol. The van der Waals surface area contributed by atoms with Crippen LogP contribution in [0.25, 0.3) is 0 Å². The molecule has 1 aromatic heterocycles. The lowest BCUT2D eigenvalue weighted by Gasteiger charge is -2.27. The fourth-order valence-corrected chi connectivity index (χ4v) is 2.04. The molecule has 1 aromatic rings. The zero-order valence-corrected chi connectivity index (χ0v) is 12.1. The van der Waals surface area contributed by atoms with Crippen molar-refractivity contribution in [2.75, 3.05) is 58.8 Å². The second-order valence-electron chi connectivity index (χ2n) is 4.50. The van der Waals surface area contributed by atoms with Crippen LogP contribution in [0.3, 0.4) is 0 Å². The van der Waals surface area contributed by atoms with Gasteiger partial charge in [-0.2, -0.15) is 9.97 Å². The van der Waals surface area contributed by atoms with E-state index in [2.05, 4.69) is 30.5 Å². The third-order valence-electron chi connectivity index (χ3n) is 3.10. The van der Waals surface area contributed by atoms with Crippen LogP contribution in [0, 0.1) is 0 Å². The number of piperazine rings is 1. The molecule has 0 radical (unpaired) electrons. The van der Waals surface area contributed by atoms with Crippen molar-refractivity contribution in [1.29, 1.82) is 0 Å². The van der Waals surface area contributed by atoms with E-state index >= 15 is 0 Å². The smallest absolute Gasteiger partial charge is 0.324 e. The molecule has 2 heterocycles. The number of ether oxygens (including phenoxy) is 2. The van der Waals surface area contributed by atoms with E-state index in [-0.39, 0.29) is 12.0 Å². The van der Waals surface area contributed by atoms with E-state index in [1.807, 2.05) is 0 Å². The summed E-state index contributed by atoms with van der Waals surface area (Å²) in [6, 6.07) is 0.503. The van der Waals surface area contributed by atoms with Gasteiger partial charge >= 0.3 is 12.0 Å². The Labute approximate surface area is 118 Å². The second kappa shape index (κ2) is 7.81. The Morgan fingerprint density at radius 1 is 1.10 bits per heavy atom. The van der Waals surface area contributed by atoms with Crippen molar-refractivity contribution >= 4 is 5.95 Å². The van der Waals surface area contributed by atoms with Gasteiger partial charge in [-0.3, -0.25) is 0 Å². The summed E-state index contributed by atoms with van der Waals surface area (Å²) in [7, 11) is 3.03. The first-order valence-corrected chi connectivity index (χ1v) is 6.83. The van der Waals surface area contributed by atoms with E-state index in [9.17, 15) is 0 Å². The summed E-state index contributed by atoms with van der Waals surface area (Å²) < 4.78 is 10.0. The molecule has 8 nitrogen and oxygen atoms in total. The molecular formula is C12H22N6O2. The van der Waals surface area contributed by atoms with Gasteiger partial charge in [0.2, 0.25) is 5.95 Å². The van der Waals surface area contributed by atoms with Gasteiger partial charge in [0.05, 0.1) is 14.2 Å². The predicted molar refractivity (Wildman–Crippen MR) is 75.3 cm³/mol. The standard InChI is InChI=1S/C12H22N6O2/c1-19-11-15-10(16-12(17-11)20-2)14-4-3-7-18-8-5-13-6-9-18/h13H,3-9H2,1-2H3,(H,14,15,16,17). The second-order valence-corrected chi connectivity index (χ2v) is 4.50. The highest BCUT2D eigenvalue weighted by Gasteiger charge is 2.09. The van der Waals surface area contributed by atoms with Crippen LogP contribution in [-0.2, 0) is 0 Å². The molecule has 8 heteroatoms. The molecule has 112 valence electrons. The Kier molecular flexibility index (Phi) is 5.75. The van der Waals surface area contributed by atoms with Gasteiger partial charge in [0.1, 0.15) is 0 Å². The van der Waals surface area contributed by atoms with Crippen molar-refractivity contribution in [2.45, 2.75) is 6.42 Å². The lowest BCUT2D eigenvalue weighted by atomic mass is 10.3. The molecule has 2 N–H and O–H groups in total. The number of methoxy groups -OCH3 is 2. The van der Waals surface area contributed by atoms with Crippen molar-refractivity contribution in [3.63, 3.8) is 0 Å². The average Bonchev–Trinajstić information content (AvgIpc) is 2.52. The van der Waals surface area contributed by atoms with Crippen LogP contribution in [0.5, 0.6) is 12.0 Å². The molecule has 0 spiro atoms. The maximum absolute atomic E-state index is 5.00. The number of hydrogen-bond acceptors (Lipinski definition) is 8. The highest BCUT2D eigenvalue weighted by atomic mass is 16.5. The van der Waals surface area contributed by atoms with Crippen LogP contribution in [-0.4, -0.2) is 73.3 Å². The molecule has 0 bridgehead atoms. The topological polar surface area (TPSA) is 84.4 Å². The molecule has 1 aliphatic rings. The predicted octanol–water partition coefficient (Wildman–Crippen LogP) is -0.404. The zero-order valence-electron chi connectivity index (χ0n) is 12.1. The van der Waals surface area contributed by atoms with Crippen molar-refractivity contribution in [3.8, 4) is 12.0 Å². The summed E-state index contributed by atoms with van der Waals surface area (Å²) in [5.74, 6) is 0.481. The average molecular weight is 282 g/mol. The highest BCUT2D eigenvalue weighted by Crippen LogP contribution is 2.11. The van der Waals surface area contributed by atoms with Crippen LogP contribution >= 0.6 is 0 Å². The number of anilines is 1. The molecule has 1 saturated heterocycles. The summed E-state index contributed by atoms with van der Waals surface area (Å²) in [5.41, 5.74) is 0. The van der Waals surface area contributed by atoms with E-state index in [0.29, 0.717) is 5.95 Å². The third kappa shape index (κ3) is 4.46. The van der Waals surface area contributed by atoms with Crippen molar-refractivity contribution in [3.05, 3.63) is 0 Å². The van der Waals surface area contributed by atoms with Crippen LogP contribution in [0.15, 0.2) is 0 Å². The summed E-state index contributed by atoms with van der Waals surface area (Å²) >= 11 is 0. The Hall–Kier alpha value is -1.67. The molecule has 20 heavy (non-hydrogen) atoms. The summed E-state index contributed by atoms with van der Waals surface area (Å²) in [5, 5.41) is 6.51. The van der Waals surface area contributed by atoms with Gasteiger partial charge in [-0.15, -0.1) is 4.98 Å². The fraction of sp³-hybridized carbons (Fsp3) is 0.750. The molecule has 0 atom stereocenters. The molecule has 1 aliphatic heterocycles. The summed E-state index contributed by atoms with van der Waals surface area (Å²) in [4.78, 5) is 14.7. The molecule has 0 aromatic carbocycles. The largest absolute Gasteiger partial charge is 0.467 e. The first-order valence-electron chi connectivity index (χ1n) is 6.83. The Morgan fingerprint density at radius 3 is 2.35 bits per heavy atom. The van der Waals surface area contributed by atoms with E-state index in [4.69, 9.17) is 9.47 Å². The minimum atomic E-state index is 0.251. The monoisotopic (exact) mass is 282 g/mol. The van der Waals surface area contributed by atoms with E-state index in [0.717, 1.165) is 45.7 Å². The van der Waals surface area contributed by atoms with Gasteiger partial charge in [-0.05, 0) is 13.0 Å². The van der Waals surface area contributed by atoms with Crippen LogP contribution in [0.4, 0.5) is 5.95 Å². The van der Waals surface area contributed by atoms with E-state index in [1.54, 1.807) is 0 Å². The highest BCUT2D eigenvalue weighted by molar-refractivity contribution is 5.27. The number of nitrogens with one attached hydrogen (secondary N) is 2. The Balaban J connectivity index is 1.75. The van der Waals surface area contributed by atoms with Gasteiger partial charge in [0, 0.05) is 32.7 Å². The van der Waals surface area contributed by atoms with Crippen molar-refractivity contribution in [1.82, 2.24) is 25.2 Å². The van der Waals surface area contributed by atoms with Gasteiger partial charge in [-0.1, -0.05) is 0 Å². The molecule has 0 aliphatic carbocycles. The van der Waals surface area contributed by atoms with Crippen molar-refractivity contribution in [2.24, 2.45) is 0 Å². The fourth-order valence-electron chi connectivity index (χ4n) is 2.04.